The number of carbonyl (C=O) groups is 2. The molecule has 0 unspecified atom stereocenters. The number of rotatable bonds is 4. The van der Waals surface area contributed by atoms with Gasteiger partial charge in [-0.3, -0.25) is 14.5 Å². The molecule has 2 amide bonds. The Bertz CT molecular complexity index is 619. The lowest BCUT2D eigenvalue weighted by Crippen LogP contribution is -2.53. The van der Waals surface area contributed by atoms with Crippen molar-refractivity contribution in [3.8, 4) is 0 Å². The van der Waals surface area contributed by atoms with Crippen molar-refractivity contribution >= 4 is 11.8 Å². The Labute approximate surface area is 168 Å². The van der Waals surface area contributed by atoms with E-state index in [1.807, 2.05) is 4.90 Å². The first-order chi connectivity index (χ1) is 13.3. The third-order valence-electron chi connectivity index (χ3n) is 8.31. The largest absolute Gasteiger partial charge is 0.392 e. The molecule has 3 saturated heterocycles. The summed E-state index contributed by atoms with van der Waals surface area (Å²) in [5.74, 6) is 0.198. The van der Waals surface area contributed by atoms with E-state index in [0.29, 0.717) is 25.0 Å². The lowest BCUT2D eigenvalue weighted by atomic mass is 9.64. The first-order valence-electron chi connectivity index (χ1n) is 11.0. The number of amides is 2. The maximum atomic E-state index is 13.0. The number of primary amides is 1. The smallest absolute Gasteiger partial charge is 0.223 e. The molecule has 0 radical (unpaired) electrons. The van der Waals surface area contributed by atoms with E-state index < -0.39 is 0 Å². The van der Waals surface area contributed by atoms with Crippen molar-refractivity contribution in [1.29, 1.82) is 0 Å². The van der Waals surface area contributed by atoms with Crippen LogP contribution in [0, 0.1) is 17.3 Å². The van der Waals surface area contributed by atoms with Gasteiger partial charge in [-0.25, -0.2) is 0 Å². The average molecular weight is 393 g/mol. The highest BCUT2D eigenvalue weighted by Crippen LogP contribution is 2.52. The minimum absolute atomic E-state index is 0.00896. The molecule has 28 heavy (non-hydrogen) atoms. The van der Waals surface area contributed by atoms with Crippen LogP contribution in [-0.4, -0.2) is 89.6 Å². The number of nitrogens with zero attached hydrogens (tertiary/aromatic N) is 3. The van der Waals surface area contributed by atoms with Crippen LogP contribution in [-0.2, 0) is 9.59 Å². The summed E-state index contributed by atoms with van der Waals surface area (Å²) in [5.41, 5.74) is 5.38. The van der Waals surface area contributed by atoms with Crippen molar-refractivity contribution in [1.82, 2.24) is 14.7 Å². The summed E-state index contributed by atoms with van der Waals surface area (Å²) < 4.78 is 0. The van der Waals surface area contributed by atoms with E-state index in [1.54, 1.807) is 0 Å². The third-order valence-corrected chi connectivity index (χ3v) is 8.31. The van der Waals surface area contributed by atoms with E-state index in [2.05, 4.69) is 23.8 Å². The van der Waals surface area contributed by atoms with Gasteiger partial charge >= 0.3 is 0 Å². The molecule has 1 aliphatic carbocycles. The molecular weight excluding hydrogens is 356 g/mol. The SMILES string of the molecule is CN1[C@@H]2CN(C(=O)CCN3CCC(C(N)=O)CC3)C[C@@H]3CC[C@H]1[C@](C)(C2)[C@@H]3O. The van der Waals surface area contributed by atoms with Crippen LogP contribution >= 0.6 is 0 Å². The summed E-state index contributed by atoms with van der Waals surface area (Å²) in [6.45, 7) is 6.15. The van der Waals surface area contributed by atoms with Gasteiger partial charge in [0.2, 0.25) is 11.8 Å². The molecule has 7 nitrogen and oxygen atoms in total. The Morgan fingerprint density at radius 3 is 2.54 bits per heavy atom. The predicted octanol–water partition coefficient (Wildman–Crippen LogP) is 0.266. The number of fused-ring (bicyclic) bond motifs is 2. The van der Waals surface area contributed by atoms with Gasteiger partial charge in [-0.05, 0) is 52.2 Å². The zero-order valence-electron chi connectivity index (χ0n) is 17.3. The van der Waals surface area contributed by atoms with Crippen LogP contribution in [0.5, 0.6) is 0 Å². The number of aliphatic hydroxyl groups is 1. The maximum absolute atomic E-state index is 13.0. The molecule has 3 aliphatic heterocycles. The standard InChI is InChI=1S/C21H36N4O3/c1-21-11-16-13-25(12-15(19(21)27)3-4-17(21)23(16)2)18(26)7-10-24-8-5-14(6-9-24)20(22)28/h14-17,19,27H,3-13H2,1-2H3,(H2,22,28)/t15-,16-,17-,19+,21-/m0/s1. The molecule has 4 fully saturated rings. The number of nitrogens with two attached hydrogens (primary N) is 1. The number of likely N-dealkylation sites (N-methyl/N-ethyl adjacent to an activating group) is 1. The van der Waals surface area contributed by atoms with Gasteiger partial charge in [-0.1, -0.05) is 6.92 Å². The van der Waals surface area contributed by atoms with Crippen molar-refractivity contribution in [3.05, 3.63) is 0 Å². The fourth-order valence-electron chi connectivity index (χ4n) is 6.48. The topological polar surface area (TPSA) is 90.1 Å². The second-order valence-corrected chi connectivity index (χ2v) is 9.89. The van der Waals surface area contributed by atoms with E-state index in [9.17, 15) is 14.7 Å². The number of hydrogen-bond acceptors (Lipinski definition) is 5. The van der Waals surface area contributed by atoms with Crippen molar-refractivity contribution in [2.75, 3.05) is 39.8 Å². The average Bonchev–Trinajstić information content (AvgIpc) is 2.97. The van der Waals surface area contributed by atoms with Gasteiger partial charge in [0, 0.05) is 55.4 Å². The summed E-state index contributed by atoms with van der Waals surface area (Å²) in [6.07, 6.45) is 4.91. The number of piperidine rings is 1. The molecule has 7 heteroatoms. The highest BCUT2D eigenvalue weighted by molar-refractivity contribution is 5.77. The molecule has 0 aromatic carbocycles. The number of aliphatic hydroxyl groups excluding tert-OH is 1. The maximum Gasteiger partial charge on any atom is 0.223 e. The molecule has 0 spiro atoms. The summed E-state index contributed by atoms with van der Waals surface area (Å²) in [5, 5.41) is 11.1. The zero-order chi connectivity index (χ0) is 20.1. The van der Waals surface area contributed by atoms with Gasteiger partial charge < -0.3 is 20.6 Å². The van der Waals surface area contributed by atoms with Crippen molar-refractivity contribution < 1.29 is 14.7 Å². The molecule has 158 valence electrons. The fourth-order valence-corrected chi connectivity index (χ4v) is 6.48. The molecular formula is C21H36N4O3. The van der Waals surface area contributed by atoms with E-state index in [0.717, 1.165) is 58.3 Å². The van der Waals surface area contributed by atoms with Gasteiger partial charge in [0.25, 0.3) is 0 Å². The minimum Gasteiger partial charge on any atom is -0.392 e. The van der Waals surface area contributed by atoms with Crippen molar-refractivity contribution in [2.45, 2.75) is 63.6 Å². The Morgan fingerprint density at radius 1 is 1.14 bits per heavy atom. The van der Waals surface area contributed by atoms with Crippen LogP contribution in [0.1, 0.15) is 45.4 Å². The molecule has 0 aromatic heterocycles. The summed E-state index contributed by atoms with van der Waals surface area (Å²) in [7, 11) is 2.17. The van der Waals surface area contributed by atoms with Gasteiger partial charge in [0.15, 0.2) is 0 Å². The van der Waals surface area contributed by atoms with E-state index >= 15 is 0 Å². The molecule has 3 N–H and O–H groups in total. The fraction of sp³-hybridized carbons (Fsp3) is 0.905. The van der Waals surface area contributed by atoms with Gasteiger partial charge in [-0.2, -0.15) is 0 Å². The normalized spacial score (nSPS) is 39.8. The molecule has 3 bridgehead atoms. The highest BCUT2D eigenvalue weighted by Gasteiger charge is 2.57. The lowest BCUT2D eigenvalue weighted by Gasteiger charge is -2.47. The van der Waals surface area contributed by atoms with E-state index in [-0.39, 0.29) is 35.2 Å². The molecule has 1 saturated carbocycles. The summed E-state index contributed by atoms with van der Waals surface area (Å²) in [6, 6.07) is 0.782. The van der Waals surface area contributed by atoms with Crippen LogP contribution < -0.4 is 5.73 Å². The van der Waals surface area contributed by atoms with Gasteiger partial charge in [0.05, 0.1) is 6.10 Å². The first-order valence-corrected chi connectivity index (χ1v) is 11.0. The summed E-state index contributed by atoms with van der Waals surface area (Å²) >= 11 is 0. The highest BCUT2D eigenvalue weighted by atomic mass is 16.3. The number of likely N-dealkylation sites (tertiary alicyclic amines) is 3. The Hall–Kier alpha value is -1.18. The van der Waals surface area contributed by atoms with Gasteiger partial charge in [0.1, 0.15) is 0 Å². The molecule has 4 rings (SSSR count). The van der Waals surface area contributed by atoms with E-state index in [1.165, 1.54) is 0 Å². The molecule has 0 aromatic rings. The monoisotopic (exact) mass is 392 g/mol. The van der Waals surface area contributed by atoms with Crippen LogP contribution in [0.25, 0.3) is 0 Å². The minimum atomic E-state index is -0.317. The van der Waals surface area contributed by atoms with Crippen molar-refractivity contribution in [2.24, 2.45) is 23.0 Å². The molecule has 4 aliphatic rings. The zero-order valence-corrected chi connectivity index (χ0v) is 17.3. The third kappa shape index (κ3) is 3.46. The predicted molar refractivity (Wildman–Crippen MR) is 106 cm³/mol. The molecule has 5 atom stereocenters. The Morgan fingerprint density at radius 2 is 1.86 bits per heavy atom. The molecule has 3 heterocycles. The van der Waals surface area contributed by atoms with Crippen LogP contribution in [0.3, 0.4) is 0 Å². The lowest BCUT2D eigenvalue weighted by molar-refractivity contribution is -0.136. The number of hydrogen-bond donors (Lipinski definition) is 2. The van der Waals surface area contributed by atoms with Crippen molar-refractivity contribution in [3.63, 3.8) is 0 Å². The Kier molecular flexibility index (Phi) is 5.44. The second-order valence-electron chi connectivity index (χ2n) is 9.89. The van der Waals surface area contributed by atoms with Gasteiger partial charge in [-0.15, -0.1) is 0 Å². The van der Waals surface area contributed by atoms with Crippen LogP contribution in [0.15, 0.2) is 0 Å². The Balaban J connectivity index is 1.36. The van der Waals surface area contributed by atoms with Crippen LogP contribution in [0.4, 0.5) is 0 Å². The van der Waals surface area contributed by atoms with Crippen LogP contribution in [0.2, 0.25) is 0 Å². The summed E-state index contributed by atoms with van der Waals surface area (Å²) in [4.78, 5) is 31.1. The van der Waals surface area contributed by atoms with E-state index in [4.69, 9.17) is 5.73 Å². The number of carbonyl (C=O) groups excluding carboxylic acids is 2. The first kappa shape index (κ1) is 20.1. The second kappa shape index (κ2) is 7.58. The quantitative estimate of drug-likeness (QED) is 0.717.